The molecule has 140 valence electrons. The zero-order valence-electron chi connectivity index (χ0n) is 16.0. The van der Waals surface area contributed by atoms with Gasteiger partial charge in [-0.25, -0.2) is 0 Å². The standard InChI is InChI=1S/C24H20O2S2/c1-24(2,3)16-9-11-17(12-10-16)27-23(26)15-8-13-21-19(14-15)22(25)18-6-4-5-7-20(18)28-21/h4-14H,1-3H3. The Hall–Kier alpha value is -2.43. The van der Waals surface area contributed by atoms with Crippen molar-refractivity contribution < 1.29 is 4.79 Å². The fraction of sp³-hybridized carbons (Fsp3) is 0.167. The summed E-state index contributed by atoms with van der Waals surface area (Å²) in [6, 6.07) is 21.1. The van der Waals surface area contributed by atoms with Crippen LogP contribution in [0.1, 0.15) is 36.7 Å². The molecule has 2 nitrogen and oxygen atoms in total. The maximum Gasteiger partial charge on any atom is 0.224 e. The van der Waals surface area contributed by atoms with Crippen LogP contribution >= 0.6 is 23.1 Å². The number of hydrogen-bond acceptors (Lipinski definition) is 4. The summed E-state index contributed by atoms with van der Waals surface area (Å²) in [5.41, 5.74) is 1.86. The third-order valence-electron chi connectivity index (χ3n) is 4.74. The van der Waals surface area contributed by atoms with Gasteiger partial charge in [0, 0.05) is 30.6 Å². The third kappa shape index (κ3) is 3.62. The summed E-state index contributed by atoms with van der Waals surface area (Å²) in [4.78, 5) is 26.5. The van der Waals surface area contributed by atoms with E-state index in [1.54, 1.807) is 17.4 Å². The molecular weight excluding hydrogens is 384 g/mol. The van der Waals surface area contributed by atoms with Crippen molar-refractivity contribution >= 4 is 48.4 Å². The highest BCUT2D eigenvalue weighted by atomic mass is 32.2. The Morgan fingerprint density at radius 1 is 0.857 bits per heavy atom. The highest BCUT2D eigenvalue weighted by molar-refractivity contribution is 8.14. The predicted octanol–water partition coefficient (Wildman–Crippen LogP) is 6.64. The second-order valence-corrected chi connectivity index (χ2v) is 9.93. The number of fused-ring (bicyclic) bond motifs is 2. The molecule has 28 heavy (non-hydrogen) atoms. The van der Waals surface area contributed by atoms with Crippen LogP contribution in [0.15, 0.2) is 76.4 Å². The van der Waals surface area contributed by atoms with Crippen LogP contribution in [-0.2, 0) is 5.41 Å². The molecule has 4 heteroatoms. The molecule has 4 aromatic rings. The van der Waals surface area contributed by atoms with Gasteiger partial charge in [0.05, 0.1) is 0 Å². The largest absolute Gasteiger partial charge is 0.289 e. The Bertz CT molecular complexity index is 1250. The van der Waals surface area contributed by atoms with Gasteiger partial charge in [0.2, 0.25) is 5.12 Å². The minimum absolute atomic E-state index is 0.0152. The number of carbonyl (C=O) groups is 1. The Labute approximate surface area is 172 Å². The summed E-state index contributed by atoms with van der Waals surface area (Å²) in [6.07, 6.45) is 0. The zero-order valence-corrected chi connectivity index (χ0v) is 17.6. The second-order valence-electron chi connectivity index (χ2n) is 7.80. The minimum Gasteiger partial charge on any atom is -0.289 e. The van der Waals surface area contributed by atoms with Crippen LogP contribution in [0.5, 0.6) is 0 Å². The van der Waals surface area contributed by atoms with Crippen molar-refractivity contribution in [1.82, 2.24) is 0 Å². The molecule has 0 fully saturated rings. The van der Waals surface area contributed by atoms with Crippen LogP contribution < -0.4 is 5.43 Å². The number of thioether (sulfide) groups is 1. The topological polar surface area (TPSA) is 34.1 Å². The average molecular weight is 405 g/mol. The monoisotopic (exact) mass is 404 g/mol. The molecule has 0 bridgehead atoms. The van der Waals surface area contributed by atoms with Gasteiger partial charge in [-0.15, -0.1) is 11.3 Å². The molecule has 0 N–H and O–H groups in total. The van der Waals surface area contributed by atoms with Gasteiger partial charge in [0.1, 0.15) is 0 Å². The van der Waals surface area contributed by atoms with E-state index in [0.29, 0.717) is 16.3 Å². The van der Waals surface area contributed by atoms with E-state index in [1.165, 1.54) is 17.3 Å². The molecule has 0 saturated heterocycles. The van der Waals surface area contributed by atoms with Crippen LogP contribution in [0.3, 0.4) is 0 Å². The lowest BCUT2D eigenvalue weighted by atomic mass is 9.87. The molecule has 0 aliphatic carbocycles. The lowest BCUT2D eigenvalue weighted by Gasteiger charge is -2.18. The summed E-state index contributed by atoms with van der Waals surface area (Å²) >= 11 is 2.77. The second kappa shape index (κ2) is 7.19. The first-order chi connectivity index (χ1) is 13.3. The average Bonchev–Trinajstić information content (AvgIpc) is 2.68. The van der Waals surface area contributed by atoms with E-state index >= 15 is 0 Å². The Kier molecular flexibility index (Phi) is 4.86. The van der Waals surface area contributed by atoms with Crippen LogP contribution in [0, 0.1) is 0 Å². The molecule has 0 aliphatic rings. The van der Waals surface area contributed by atoms with E-state index in [0.717, 1.165) is 14.3 Å². The molecule has 1 aromatic heterocycles. The Morgan fingerprint density at radius 3 is 2.25 bits per heavy atom. The summed E-state index contributed by atoms with van der Waals surface area (Å²) < 4.78 is 1.87. The number of rotatable bonds is 2. The van der Waals surface area contributed by atoms with E-state index in [1.807, 2.05) is 48.5 Å². The summed E-state index contributed by atoms with van der Waals surface area (Å²) in [5.74, 6) is 0. The Balaban J connectivity index is 1.67. The molecule has 0 aliphatic heterocycles. The predicted molar refractivity (Wildman–Crippen MR) is 121 cm³/mol. The maximum absolute atomic E-state index is 12.8. The first-order valence-electron chi connectivity index (χ1n) is 9.11. The summed E-state index contributed by atoms with van der Waals surface area (Å²) in [5, 5.41) is 1.26. The SMILES string of the molecule is CC(C)(C)c1ccc(SC(=O)c2ccc3sc4ccccc4c(=O)c3c2)cc1. The van der Waals surface area contributed by atoms with Crippen molar-refractivity contribution in [1.29, 1.82) is 0 Å². The summed E-state index contributed by atoms with van der Waals surface area (Å²) in [6.45, 7) is 6.50. The van der Waals surface area contributed by atoms with Crippen molar-refractivity contribution in [3.63, 3.8) is 0 Å². The van der Waals surface area contributed by atoms with Gasteiger partial charge in [-0.3, -0.25) is 9.59 Å². The first-order valence-corrected chi connectivity index (χ1v) is 10.7. The van der Waals surface area contributed by atoms with E-state index in [4.69, 9.17) is 0 Å². The molecule has 0 unspecified atom stereocenters. The van der Waals surface area contributed by atoms with E-state index in [9.17, 15) is 9.59 Å². The highest BCUT2D eigenvalue weighted by Crippen LogP contribution is 2.30. The van der Waals surface area contributed by atoms with Gasteiger partial charge in [-0.2, -0.15) is 0 Å². The van der Waals surface area contributed by atoms with E-state index in [2.05, 4.69) is 32.9 Å². The fourth-order valence-corrected chi connectivity index (χ4v) is 4.90. The van der Waals surface area contributed by atoms with Crippen molar-refractivity contribution in [3.8, 4) is 0 Å². The molecule has 0 saturated carbocycles. The van der Waals surface area contributed by atoms with Crippen molar-refractivity contribution in [2.24, 2.45) is 0 Å². The molecule has 0 radical (unpaired) electrons. The smallest absolute Gasteiger partial charge is 0.224 e. The van der Waals surface area contributed by atoms with Gasteiger partial charge < -0.3 is 0 Å². The van der Waals surface area contributed by atoms with Crippen LogP contribution in [0.25, 0.3) is 20.2 Å². The number of hydrogen-bond donors (Lipinski definition) is 0. The van der Waals surface area contributed by atoms with Crippen LogP contribution in [-0.4, -0.2) is 5.12 Å². The molecule has 3 aromatic carbocycles. The summed E-state index contributed by atoms with van der Waals surface area (Å²) in [7, 11) is 0. The lowest BCUT2D eigenvalue weighted by molar-refractivity contribution is 0.108. The quantitative estimate of drug-likeness (QED) is 0.277. The maximum atomic E-state index is 12.8. The fourth-order valence-electron chi connectivity index (χ4n) is 3.12. The third-order valence-corrected chi connectivity index (χ3v) is 6.82. The van der Waals surface area contributed by atoms with E-state index < -0.39 is 0 Å². The molecular formula is C24H20O2S2. The van der Waals surface area contributed by atoms with Crippen molar-refractivity contribution in [3.05, 3.63) is 88.1 Å². The van der Waals surface area contributed by atoms with Gasteiger partial charge in [0.25, 0.3) is 0 Å². The highest BCUT2D eigenvalue weighted by Gasteiger charge is 2.15. The van der Waals surface area contributed by atoms with Gasteiger partial charge >= 0.3 is 0 Å². The van der Waals surface area contributed by atoms with Gasteiger partial charge in [-0.05, 0) is 65.2 Å². The molecule has 1 heterocycles. The Morgan fingerprint density at radius 2 is 1.54 bits per heavy atom. The van der Waals surface area contributed by atoms with Gasteiger partial charge in [0.15, 0.2) is 5.43 Å². The lowest BCUT2D eigenvalue weighted by Crippen LogP contribution is -2.10. The van der Waals surface area contributed by atoms with Crippen molar-refractivity contribution in [2.75, 3.05) is 0 Å². The molecule has 0 atom stereocenters. The van der Waals surface area contributed by atoms with Gasteiger partial charge in [-0.1, -0.05) is 45.0 Å². The van der Waals surface area contributed by atoms with Crippen LogP contribution in [0.2, 0.25) is 0 Å². The van der Waals surface area contributed by atoms with Crippen molar-refractivity contribution in [2.45, 2.75) is 31.1 Å². The zero-order chi connectivity index (χ0) is 19.9. The number of benzene rings is 3. The van der Waals surface area contributed by atoms with Crippen LogP contribution in [0.4, 0.5) is 0 Å². The molecule has 0 spiro atoms. The molecule has 0 amide bonds. The minimum atomic E-state index is -0.0528. The first kappa shape index (κ1) is 18.9. The number of carbonyl (C=O) groups excluding carboxylic acids is 1. The van der Waals surface area contributed by atoms with E-state index in [-0.39, 0.29) is 16.0 Å². The normalized spacial score (nSPS) is 11.8. The molecule has 4 rings (SSSR count).